The quantitative estimate of drug-likeness (QED) is 0.0243. The van der Waals surface area contributed by atoms with Crippen LogP contribution < -0.4 is 29.6 Å². The van der Waals surface area contributed by atoms with E-state index in [2.05, 4.69) is 30.3 Å². The van der Waals surface area contributed by atoms with E-state index in [0.717, 1.165) is 6.04 Å². The SMILES string of the molecule is COCOc1cc(OC)cc(NC(=O)C[C@@H]2OC(C)(C)O[C@@H]2C(C)/C=C\[C@@H](C)[C@@H](C)O)c1C(=O)O.COCOc1cc(OC)cc(NC(=O)C[C@@H]2OC(C)(C)O[C@@H]2C(C)/C=C\[C@@H](C)[C@@H](C)O)c1C(=O)OCC[Si](C)(C)C. The first kappa shape index (κ1) is 65.2. The number of hydrogen-bond acceptors (Lipinski definition) is 17. The van der Waals surface area contributed by atoms with Gasteiger partial charge in [-0.2, -0.15) is 0 Å². The van der Waals surface area contributed by atoms with E-state index in [4.69, 9.17) is 52.1 Å². The summed E-state index contributed by atoms with van der Waals surface area (Å²) in [6, 6.07) is 6.73. The number of aliphatic hydroxyl groups excluding tert-OH is 2. The Morgan fingerprint density at radius 3 is 1.38 bits per heavy atom. The number of rotatable bonds is 27. The van der Waals surface area contributed by atoms with E-state index in [0.29, 0.717) is 11.5 Å². The Labute approximate surface area is 450 Å². The molecule has 2 amide bonds. The number of carboxylic acid groups (broad SMARTS) is 1. The zero-order valence-corrected chi connectivity index (χ0v) is 48.6. The van der Waals surface area contributed by atoms with Gasteiger partial charge in [-0.3, -0.25) is 9.59 Å². The Morgan fingerprint density at radius 2 is 1.03 bits per heavy atom. The van der Waals surface area contributed by atoms with Crippen LogP contribution in [0.15, 0.2) is 48.6 Å². The summed E-state index contributed by atoms with van der Waals surface area (Å²) >= 11 is 0. The molecule has 2 saturated heterocycles. The van der Waals surface area contributed by atoms with Crippen LogP contribution in [0.4, 0.5) is 11.4 Å². The molecule has 21 heteroatoms. The van der Waals surface area contributed by atoms with E-state index in [1.165, 1.54) is 40.6 Å². The van der Waals surface area contributed by atoms with Crippen molar-refractivity contribution in [3.63, 3.8) is 0 Å². The number of esters is 1. The standard InChI is InChI=1S/C30H49NO9Si.C25H37NO9/c1-19(21(3)32)11-12-20(2)28-25(39-30(4,5)40-28)17-26(33)31-23-15-22(36-7)16-24(38-18-35-6)27(23)29(34)37-13-14-41(8,9)10;1-14(16(3)27)8-9-15(2)23-20(34-25(4,5)35-23)12-21(28)26-18-10-17(32-7)11-19(33-13-31-6)22(18)24(29)30/h11-12,15-16,19-21,25,28,32H,13-14,17-18H2,1-10H3,(H,31,33);8-11,14-16,20,23,27H,12-13H2,1-7H3,(H,26,28)(H,29,30)/b12-11-;9-8-/t19-,20?,21-,25+,28-;14-,15?,16-,20+,23-/m11/s1. The van der Waals surface area contributed by atoms with E-state index >= 15 is 0 Å². The predicted octanol–water partition coefficient (Wildman–Crippen LogP) is 8.66. The third kappa shape index (κ3) is 20.7. The Hall–Kier alpha value is -5.10. The van der Waals surface area contributed by atoms with Gasteiger partial charge in [0.2, 0.25) is 11.8 Å². The topological polar surface area (TPSA) is 255 Å². The molecule has 2 aromatic carbocycles. The molecular formula is C55H86N2O18Si. The van der Waals surface area contributed by atoms with Crippen molar-refractivity contribution in [2.75, 3.05) is 59.3 Å². The first-order valence-electron chi connectivity index (χ1n) is 25.6. The van der Waals surface area contributed by atoms with E-state index in [9.17, 15) is 34.5 Å². The summed E-state index contributed by atoms with van der Waals surface area (Å²) < 4.78 is 61.5. The molecule has 76 heavy (non-hydrogen) atoms. The van der Waals surface area contributed by atoms with Crippen LogP contribution in [-0.4, -0.2) is 144 Å². The molecule has 10 atom stereocenters. The summed E-state index contributed by atoms with van der Waals surface area (Å²) in [7, 11) is 4.34. The van der Waals surface area contributed by atoms with Crippen LogP contribution in [0.5, 0.6) is 23.0 Å². The van der Waals surface area contributed by atoms with Crippen LogP contribution in [0.2, 0.25) is 25.7 Å². The second-order valence-corrected chi connectivity index (χ2v) is 27.0. The molecule has 2 aliphatic rings. The van der Waals surface area contributed by atoms with Gasteiger partial charge in [-0.15, -0.1) is 0 Å². The second-order valence-electron chi connectivity index (χ2n) is 21.4. The molecular weight excluding hydrogens is 1000 g/mol. The van der Waals surface area contributed by atoms with Crippen molar-refractivity contribution in [1.82, 2.24) is 0 Å². The molecule has 2 fully saturated rings. The van der Waals surface area contributed by atoms with E-state index in [1.807, 2.05) is 65.8 Å². The van der Waals surface area contributed by atoms with Crippen LogP contribution in [-0.2, 0) is 42.7 Å². The second kappa shape index (κ2) is 29.6. The number of methoxy groups -OCH3 is 4. The van der Waals surface area contributed by atoms with Gasteiger partial charge in [-0.1, -0.05) is 71.6 Å². The lowest BCUT2D eigenvalue weighted by molar-refractivity contribution is -0.150. The average Bonchev–Trinajstić information content (AvgIpc) is 3.81. The molecule has 0 radical (unpaired) electrons. The van der Waals surface area contributed by atoms with Crippen LogP contribution in [0.3, 0.4) is 0 Å². The fourth-order valence-electron chi connectivity index (χ4n) is 7.98. The number of carbonyl (C=O) groups excluding carboxylic acids is 3. The molecule has 2 aromatic rings. The van der Waals surface area contributed by atoms with Gasteiger partial charge >= 0.3 is 11.9 Å². The van der Waals surface area contributed by atoms with Crippen molar-refractivity contribution in [1.29, 1.82) is 0 Å². The van der Waals surface area contributed by atoms with Crippen LogP contribution in [0, 0.1) is 23.7 Å². The zero-order chi connectivity index (χ0) is 57.3. The minimum Gasteiger partial charge on any atom is -0.497 e. The molecule has 5 N–H and O–H groups in total. The maximum atomic E-state index is 13.4. The first-order chi connectivity index (χ1) is 35.4. The highest BCUT2D eigenvalue weighted by atomic mass is 28.3. The Bertz CT molecular complexity index is 2280. The fraction of sp³-hybridized carbons (Fsp3) is 0.636. The Balaban J connectivity index is 0.000000405. The number of aromatic carboxylic acids is 1. The third-order valence-corrected chi connectivity index (χ3v) is 14.3. The van der Waals surface area contributed by atoms with E-state index in [1.54, 1.807) is 39.8 Å². The van der Waals surface area contributed by atoms with Crippen molar-refractivity contribution >= 4 is 43.2 Å². The highest BCUT2D eigenvalue weighted by Crippen LogP contribution is 2.39. The monoisotopic (exact) mass is 1090 g/mol. The molecule has 0 saturated carbocycles. The number of anilines is 2. The predicted molar refractivity (Wildman–Crippen MR) is 289 cm³/mol. The molecule has 2 aliphatic heterocycles. The summed E-state index contributed by atoms with van der Waals surface area (Å²) in [5.74, 6) is -3.88. The number of carboxylic acids is 1. The third-order valence-electron chi connectivity index (χ3n) is 12.5. The Morgan fingerprint density at radius 1 is 0.632 bits per heavy atom. The van der Waals surface area contributed by atoms with Crippen molar-refractivity contribution in [3.05, 3.63) is 59.7 Å². The fourth-order valence-corrected chi connectivity index (χ4v) is 8.70. The van der Waals surface area contributed by atoms with E-state index < -0.39 is 74.1 Å². The van der Waals surface area contributed by atoms with Gasteiger partial charge in [-0.05, 0) is 59.4 Å². The summed E-state index contributed by atoms with van der Waals surface area (Å²) in [6.07, 6.45) is 4.80. The van der Waals surface area contributed by atoms with Crippen molar-refractivity contribution in [2.24, 2.45) is 23.7 Å². The maximum absolute atomic E-state index is 13.4. The molecule has 0 aliphatic carbocycles. The summed E-state index contributed by atoms with van der Waals surface area (Å²) in [5.41, 5.74) is 0.0870. The molecule has 2 unspecified atom stereocenters. The number of ether oxygens (including phenoxy) is 11. The highest BCUT2D eigenvalue weighted by Gasteiger charge is 2.45. The number of amides is 2. The van der Waals surface area contributed by atoms with Crippen molar-refractivity contribution in [3.8, 4) is 23.0 Å². The zero-order valence-electron chi connectivity index (χ0n) is 47.6. The number of hydrogen-bond donors (Lipinski definition) is 5. The first-order valence-corrected chi connectivity index (χ1v) is 29.3. The lowest BCUT2D eigenvalue weighted by Crippen LogP contribution is -2.32. The van der Waals surface area contributed by atoms with Crippen LogP contribution in [0.1, 0.15) is 103 Å². The molecule has 2 heterocycles. The molecule has 0 spiro atoms. The van der Waals surface area contributed by atoms with Gasteiger partial charge in [-0.25, -0.2) is 9.59 Å². The molecule has 428 valence electrons. The molecule has 20 nitrogen and oxygen atoms in total. The van der Waals surface area contributed by atoms with E-state index in [-0.39, 0.29) is 96.6 Å². The molecule has 4 rings (SSSR count). The van der Waals surface area contributed by atoms with Crippen molar-refractivity contribution in [2.45, 2.75) is 156 Å². The van der Waals surface area contributed by atoms with Gasteiger partial charge in [0.15, 0.2) is 25.2 Å². The van der Waals surface area contributed by atoms with Gasteiger partial charge in [0.1, 0.15) is 34.1 Å². The van der Waals surface area contributed by atoms with Gasteiger partial charge in [0, 0.05) is 58.4 Å². The minimum atomic E-state index is -1.44. The highest BCUT2D eigenvalue weighted by molar-refractivity contribution is 6.76. The minimum absolute atomic E-state index is 0.000509. The van der Waals surface area contributed by atoms with Crippen LogP contribution in [0.25, 0.3) is 0 Å². The normalized spacial score (nSPS) is 21.4. The maximum Gasteiger partial charge on any atom is 0.344 e. The van der Waals surface area contributed by atoms with Gasteiger partial charge in [0.05, 0.1) is 81.7 Å². The molecule has 0 aromatic heterocycles. The van der Waals surface area contributed by atoms with Gasteiger partial charge < -0.3 is 78.1 Å². The number of aliphatic hydroxyl groups is 2. The smallest absolute Gasteiger partial charge is 0.344 e. The largest absolute Gasteiger partial charge is 0.497 e. The van der Waals surface area contributed by atoms with Crippen molar-refractivity contribution < 1.29 is 86.6 Å². The average molecular weight is 1090 g/mol. The number of benzene rings is 2. The summed E-state index contributed by atoms with van der Waals surface area (Å²) in [5, 5.41) is 34.8. The van der Waals surface area contributed by atoms with Gasteiger partial charge in [0.25, 0.3) is 0 Å². The van der Waals surface area contributed by atoms with Crippen LogP contribution >= 0.6 is 0 Å². The lowest BCUT2D eigenvalue weighted by atomic mass is 9.95. The molecule has 0 bridgehead atoms. The number of carbonyl (C=O) groups is 4. The number of nitrogens with one attached hydrogen (secondary N) is 2. The summed E-state index contributed by atoms with van der Waals surface area (Å²) in [4.78, 5) is 51.6. The lowest BCUT2D eigenvalue weighted by Gasteiger charge is -2.22. The Kier molecular flexibility index (Phi) is 25.4. The summed E-state index contributed by atoms with van der Waals surface area (Å²) in [6.45, 7) is 25.0.